The summed E-state index contributed by atoms with van der Waals surface area (Å²) in [6.45, 7) is 7.23. The van der Waals surface area contributed by atoms with E-state index in [0.29, 0.717) is 17.4 Å². The first-order valence-corrected chi connectivity index (χ1v) is 10.7. The van der Waals surface area contributed by atoms with Crippen LogP contribution < -0.4 is 5.73 Å². The van der Waals surface area contributed by atoms with Gasteiger partial charge in [0, 0.05) is 18.7 Å². The van der Waals surface area contributed by atoms with Crippen LogP contribution in [0.25, 0.3) is 0 Å². The Morgan fingerprint density at radius 1 is 1.17 bits per heavy atom. The number of nitrogens with two attached hydrogens (primary N) is 1. The molecule has 0 aromatic heterocycles. The van der Waals surface area contributed by atoms with E-state index in [9.17, 15) is 9.90 Å². The minimum absolute atomic E-state index is 0.0107. The van der Waals surface area contributed by atoms with Gasteiger partial charge in [0.25, 0.3) is 0 Å². The van der Waals surface area contributed by atoms with Crippen LogP contribution in [-0.4, -0.2) is 41.1 Å². The van der Waals surface area contributed by atoms with E-state index in [1.807, 2.05) is 18.2 Å². The van der Waals surface area contributed by atoms with Gasteiger partial charge in [0.2, 0.25) is 5.91 Å². The van der Waals surface area contributed by atoms with Gasteiger partial charge in [-0.3, -0.25) is 4.79 Å². The molecule has 1 heterocycles. The summed E-state index contributed by atoms with van der Waals surface area (Å²) in [6, 6.07) is 18.3. The number of likely N-dealkylation sites (tertiary alicyclic amines) is 1. The quantitative estimate of drug-likeness (QED) is 0.815. The SMILES string of the molecule is CC1CN(CC2(O)CC(c3ccccc3)C2)CCC1(C)c1cccc(C(N)=O)c1. The maximum Gasteiger partial charge on any atom is 0.248 e. The number of hydrogen-bond donors (Lipinski definition) is 2. The summed E-state index contributed by atoms with van der Waals surface area (Å²) < 4.78 is 0. The topological polar surface area (TPSA) is 66.6 Å². The van der Waals surface area contributed by atoms with Crippen molar-refractivity contribution in [2.24, 2.45) is 11.7 Å². The zero-order valence-corrected chi connectivity index (χ0v) is 17.5. The number of amides is 1. The molecule has 154 valence electrons. The van der Waals surface area contributed by atoms with E-state index in [-0.39, 0.29) is 11.3 Å². The number of hydrogen-bond acceptors (Lipinski definition) is 3. The fraction of sp³-hybridized carbons (Fsp3) is 0.480. The van der Waals surface area contributed by atoms with E-state index < -0.39 is 5.60 Å². The van der Waals surface area contributed by atoms with Crippen molar-refractivity contribution < 1.29 is 9.90 Å². The lowest BCUT2D eigenvalue weighted by molar-refractivity contribution is -0.0815. The van der Waals surface area contributed by atoms with Gasteiger partial charge in [-0.05, 0) is 66.3 Å². The third-order valence-corrected chi connectivity index (χ3v) is 7.42. The fourth-order valence-electron chi connectivity index (χ4n) is 5.28. The molecule has 0 bridgehead atoms. The molecule has 4 heteroatoms. The smallest absolute Gasteiger partial charge is 0.248 e. The fourth-order valence-corrected chi connectivity index (χ4v) is 5.28. The molecule has 2 atom stereocenters. The van der Waals surface area contributed by atoms with Gasteiger partial charge in [0.1, 0.15) is 0 Å². The lowest BCUT2D eigenvalue weighted by Crippen LogP contribution is -2.56. The minimum Gasteiger partial charge on any atom is -0.389 e. The molecule has 1 amide bonds. The van der Waals surface area contributed by atoms with Crippen molar-refractivity contribution in [3.63, 3.8) is 0 Å². The number of carbonyl (C=O) groups excluding carboxylic acids is 1. The molecule has 2 aromatic carbocycles. The Hall–Kier alpha value is -2.17. The Labute approximate surface area is 173 Å². The number of piperidine rings is 1. The summed E-state index contributed by atoms with van der Waals surface area (Å²) in [6.07, 6.45) is 2.70. The summed E-state index contributed by atoms with van der Waals surface area (Å²) >= 11 is 0. The summed E-state index contributed by atoms with van der Waals surface area (Å²) in [7, 11) is 0. The monoisotopic (exact) mass is 392 g/mol. The van der Waals surface area contributed by atoms with E-state index in [2.05, 4.69) is 49.1 Å². The summed E-state index contributed by atoms with van der Waals surface area (Å²) in [5, 5.41) is 11.0. The Morgan fingerprint density at radius 2 is 1.90 bits per heavy atom. The van der Waals surface area contributed by atoms with Crippen LogP contribution in [0.1, 0.15) is 60.5 Å². The van der Waals surface area contributed by atoms with Crippen molar-refractivity contribution in [1.29, 1.82) is 0 Å². The van der Waals surface area contributed by atoms with Gasteiger partial charge in [-0.1, -0.05) is 56.3 Å². The molecule has 0 spiro atoms. The highest BCUT2D eigenvalue weighted by Gasteiger charge is 2.46. The van der Waals surface area contributed by atoms with Crippen molar-refractivity contribution in [3.05, 3.63) is 71.3 Å². The third kappa shape index (κ3) is 3.96. The van der Waals surface area contributed by atoms with Crippen LogP contribution in [0.3, 0.4) is 0 Å². The largest absolute Gasteiger partial charge is 0.389 e. The van der Waals surface area contributed by atoms with Crippen LogP contribution in [0.2, 0.25) is 0 Å². The van der Waals surface area contributed by atoms with Gasteiger partial charge in [-0.2, -0.15) is 0 Å². The first-order chi connectivity index (χ1) is 13.8. The number of rotatable bonds is 5. The van der Waals surface area contributed by atoms with Gasteiger partial charge in [0.15, 0.2) is 0 Å². The molecular formula is C25H32N2O2. The predicted octanol–water partition coefficient (Wildman–Crippen LogP) is 3.69. The molecule has 1 saturated carbocycles. The Bertz CT molecular complexity index is 875. The lowest BCUT2D eigenvalue weighted by Gasteiger charge is -2.50. The molecule has 2 fully saturated rings. The van der Waals surface area contributed by atoms with Crippen LogP contribution >= 0.6 is 0 Å². The highest BCUT2D eigenvalue weighted by Crippen LogP contribution is 2.46. The summed E-state index contributed by atoms with van der Waals surface area (Å²) in [5.74, 6) is 0.527. The Morgan fingerprint density at radius 3 is 2.55 bits per heavy atom. The van der Waals surface area contributed by atoms with Crippen molar-refractivity contribution in [3.8, 4) is 0 Å². The van der Waals surface area contributed by atoms with E-state index in [4.69, 9.17) is 5.73 Å². The van der Waals surface area contributed by atoms with Gasteiger partial charge >= 0.3 is 0 Å². The highest BCUT2D eigenvalue weighted by atomic mass is 16.3. The zero-order valence-electron chi connectivity index (χ0n) is 17.5. The molecule has 0 radical (unpaired) electrons. The lowest BCUT2D eigenvalue weighted by atomic mass is 9.65. The molecule has 1 aliphatic carbocycles. The molecule has 1 saturated heterocycles. The first-order valence-electron chi connectivity index (χ1n) is 10.7. The average molecular weight is 393 g/mol. The molecule has 4 rings (SSSR count). The number of primary amides is 1. The van der Waals surface area contributed by atoms with Crippen LogP contribution in [0.5, 0.6) is 0 Å². The maximum atomic E-state index is 11.6. The van der Waals surface area contributed by atoms with Crippen LogP contribution in [0.15, 0.2) is 54.6 Å². The van der Waals surface area contributed by atoms with Crippen molar-refractivity contribution in [1.82, 2.24) is 4.90 Å². The van der Waals surface area contributed by atoms with Gasteiger partial charge in [0.05, 0.1) is 5.60 Å². The number of benzene rings is 2. The number of carbonyl (C=O) groups is 1. The second-order valence-electron chi connectivity index (χ2n) is 9.49. The van der Waals surface area contributed by atoms with Crippen LogP contribution in [0.4, 0.5) is 0 Å². The van der Waals surface area contributed by atoms with Crippen molar-refractivity contribution in [2.45, 2.75) is 50.0 Å². The van der Waals surface area contributed by atoms with Crippen LogP contribution in [-0.2, 0) is 5.41 Å². The normalized spacial score (nSPS) is 32.5. The predicted molar refractivity (Wildman–Crippen MR) is 116 cm³/mol. The standard InChI is InChI=1S/C25H32N2O2/c1-18-16-27(17-25(29)14-21(15-25)19-7-4-3-5-8-19)12-11-24(18,2)22-10-6-9-20(13-22)23(26)28/h3-10,13,18,21,29H,11-12,14-17H2,1-2H3,(H2,26,28). The zero-order chi connectivity index (χ0) is 20.6. The second-order valence-corrected chi connectivity index (χ2v) is 9.49. The number of aliphatic hydroxyl groups is 1. The molecule has 1 aliphatic heterocycles. The first kappa shape index (κ1) is 20.1. The average Bonchev–Trinajstić information content (AvgIpc) is 2.69. The number of β-amino-alcohol motifs (C(OH)–C–C–N with tert-alkyl or cyclic N) is 1. The van der Waals surface area contributed by atoms with E-state index in [1.165, 1.54) is 11.1 Å². The summed E-state index contributed by atoms with van der Waals surface area (Å²) in [4.78, 5) is 14.0. The highest BCUT2D eigenvalue weighted by molar-refractivity contribution is 5.92. The van der Waals surface area contributed by atoms with Gasteiger partial charge < -0.3 is 15.7 Å². The molecule has 2 aromatic rings. The summed E-state index contributed by atoms with van der Waals surface area (Å²) in [5.41, 5.74) is 8.03. The Kier molecular flexibility index (Phi) is 5.26. The molecule has 2 unspecified atom stereocenters. The van der Waals surface area contributed by atoms with E-state index in [0.717, 1.165) is 38.9 Å². The molecular weight excluding hydrogens is 360 g/mol. The van der Waals surface area contributed by atoms with Crippen molar-refractivity contribution in [2.75, 3.05) is 19.6 Å². The van der Waals surface area contributed by atoms with Crippen LogP contribution in [0, 0.1) is 5.92 Å². The number of nitrogens with zero attached hydrogens (tertiary/aromatic N) is 1. The molecule has 29 heavy (non-hydrogen) atoms. The van der Waals surface area contributed by atoms with Crippen molar-refractivity contribution >= 4 is 5.91 Å². The third-order valence-electron chi connectivity index (χ3n) is 7.42. The minimum atomic E-state index is -0.570. The molecule has 2 aliphatic rings. The maximum absolute atomic E-state index is 11.6. The molecule has 3 N–H and O–H groups in total. The van der Waals surface area contributed by atoms with Gasteiger partial charge in [-0.15, -0.1) is 0 Å². The second kappa shape index (κ2) is 7.58. The molecule has 4 nitrogen and oxygen atoms in total. The van der Waals surface area contributed by atoms with E-state index >= 15 is 0 Å². The Balaban J connectivity index is 1.38. The van der Waals surface area contributed by atoms with E-state index in [1.54, 1.807) is 6.07 Å². The van der Waals surface area contributed by atoms with Gasteiger partial charge in [-0.25, -0.2) is 0 Å².